The molecule has 3 rings (SSSR count). The molecule has 0 spiro atoms. The van der Waals surface area contributed by atoms with Crippen LogP contribution in [0, 0.1) is 6.92 Å². The molecule has 0 radical (unpaired) electrons. The van der Waals surface area contributed by atoms with Crippen molar-refractivity contribution in [2.75, 3.05) is 5.32 Å². The van der Waals surface area contributed by atoms with E-state index in [9.17, 15) is 4.79 Å². The van der Waals surface area contributed by atoms with Crippen LogP contribution in [0.2, 0.25) is 0 Å². The molecule has 0 aliphatic carbocycles. The van der Waals surface area contributed by atoms with Crippen LogP contribution in [0.5, 0.6) is 0 Å². The van der Waals surface area contributed by atoms with Crippen LogP contribution >= 0.6 is 0 Å². The molecule has 0 unspecified atom stereocenters. The Balaban J connectivity index is 1.69. The van der Waals surface area contributed by atoms with Gasteiger partial charge in [-0.15, -0.1) is 0 Å². The average molecular weight is 257 g/mol. The lowest BCUT2D eigenvalue weighted by atomic mass is 9.95. The summed E-state index contributed by atoms with van der Waals surface area (Å²) in [7, 11) is 0. The van der Waals surface area contributed by atoms with E-state index in [1.165, 1.54) is 11.1 Å². The van der Waals surface area contributed by atoms with Gasteiger partial charge in [0.25, 0.3) is 0 Å². The molecule has 1 aliphatic heterocycles. The second-order valence-electron chi connectivity index (χ2n) is 4.72. The molecule has 0 bridgehead atoms. The van der Waals surface area contributed by atoms with Crippen molar-refractivity contribution in [2.45, 2.75) is 25.9 Å². The summed E-state index contributed by atoms with van der Waals surface area (Å²) < 4.78 is 4.92. The van der Waals surface area contributed by atoms with Gasteiger partial charge < -0.3 is 15.2 Å². The van der Waals surface area contributed by atoms with Gasteiger partial charge in [0.05, 0.1) is 6.04 Å². The number of benzene rings is 1. The van der Waals surface area contributed by atoms with Crippen LogP contribution in [0.1, 0.15) is 16.9 Å². The number of aryl methyl sites for hydroxylation is 1. The van der Waals surface area contributed by atoms with E-state index in [-0.39, 0.29) is 11.9 Å². The first-order valence-corrected chi connectivity index (χ1v) is 6.27. The van der Waals surface area contributed by atoms with Crippen molar-refractivity contribution in [3.05, 3.63) is 47.2 Å². The number of nitrogens with zero attached hydrogens (tertiary/aromatic N) is 1. The van der Waals surface area contributed by atoms with Gasteiger partial charge >= 0.3 is 0 Å². The van der Waals surface area contributed by atoms with Crippen molar-refractivity contribution in [1.29, 1.82) is 0 Å². The number of nitrogens with one attached hydrogen (secondary N) is 2. The highest BCUT2D eigenvalue weighted by molar-refractivity contribution is 5.94. The second kappa shape index (κ2) is 4.85. The van der Waals surface area contributed by atoms with Crippen LogP contribution in [-0.4, -0.2) is 17.1 Å². The maximum absolute atomic E-state index is 12.1. The Morgan fingerprint density at radius 2 is 2.21 bits per heavy atom. The van der Waals surface area contributed by atoms with Crippen molar-refractivity contribution in [3.63, 3.8) is 0 Å². The Labute approximate surface area is 111 Å². The van der Waals surface area contributed by atoms with Gasteiger partial charge in [-0.25, -0.2) is 0 Å². The van der Waals surface area contributed by atoms with E-state index in [4.69, 9.17) is 4.52 Å². The summed E-state index contributed by atoms with van der Waals surface area (Å²) in [5, 5.41) is 9.75. The van der Waals surface area contributed by atoms with Gasteiger partial charge in [-0.05, 0) is 24.5 Å². The first-order chi connectivity index (χ1) is 9.22. The Kier molecular flexibility index (Phi) is 3.05. The van der Waals surface area contributed by atoms with Crippen molar-refractivity contribution >= 4 is 11.7 Å². The highest BCUT2D eigenvalue weighted by Gasteiger charge is 2.24. The quantitative estimate of drug-likeness (QED) is 0.858. The van der Waals surface area contributed by atoms with Crippen LogP contribution in [0.3, 0.4) is 0 Å². The second-order valence-corrected chi connectivity index (χ2v) is 4.72. The first-order valence-electron chi connectivity index (χ1n) is 6.27. The number of aromatic nitrogens is 1. The smallest absolute Gasteiger partial charge is 0.243 e. The molecule has 1 aromatic carbocycles. The zero-order chi connectivity index (χ0) is 13.2. The SMILES string of the molecule is Cc1cc(NC(=O)[C@@H]2Cc3ccccc3CN2)no1. The van der Waals surface area contributed by atoms with Crippen LogP contribution in [0.4, 0.5) is 5.82 Å². The summed E-state index contributed by atoms with van der Waals surface area (Å²) >= 11 is 0. The Morgan fingerprint density at radius 3 is 2.95 bits per heavy atom. The molecular formula is C14H15N3O2. The number of carbonyl (C=O) groups is 1. The Hall–Kier alpha value is -2.14. The van der Waals surface area contributed by atoms with Gasteiger partial charge in [0.15, 0.2) is 5.82 Å². The lowest BCUT2D eigenvalue weighted by Crippen LogP contribution is -2.44. The molecule has 1 aliphatic rings. The minimum Gasteiger partial charge on any atom is -0.360 e. The summed E-state index contributed by atoms with van der Waals surface area (Å²) in [6.07, 6.45) is 0.693. The van der Waals surface area contributed by atoms with E-state index in [2.05, 4.69) is 27.9 Å². The van der Waals surface area contributed by atoms with Gasteiger partial charge in [0, 0.05) is 12.6 Å². The maximum Gasteiger partial charge on any atom is 0.243 e. The predicted molar refractivity (Wildman–Crippen MR) is 70.6 cm³/mol. The first kappa shape index (κ1) is 11.9. The van der Waals surface area contributed by atoms with E-state index < -0.39 is 0 Å². The van der Waals surface area contributed by atoms with E-state index in [1.54, 1.807) is 13.0 Å². The molecule has 0 saturated carbocycles. The number of fused-ring (bicyclic) bond motifs is 1. The fourth-order valence-electron chi connectivity index (χ4n) is 2.28. The minimum absolute atomic E-state index is 0.0807. The van der Waals surface area contributed by atoms with E-state index in [0.717, 1.165) is 0 Å². The number of amides is 1. The van der Waals surface area contributed by atoms with Crippen LogP contribution < -0.4 is 10.6 Å². The lowest BCUT2D eigenvalue weighted by molar-refractivity contribution is -0.118. The fourth-order valence-corrected chi connectivity index (χ4v) is 2.28. The molecule has 2 aromatic rings. The largest absolute Gasteiger partial charge is 0.360 e. The van der Waals surface area contributed by atoms with E-state index >= 15 is 0 Å². The average Bonchev–Trinajstić information content (AvgIpc) is 2.83. The zero-order valence-corrected chi connectivity index (χ0v) is 10.6. The normalized spacial score (nSPS) is 17.8. The molecule has 1 aromatic heterocycles. The maximum atomic E-state index is 12.1. The molecule has 5 nitrogen and oxygen atoms in total. The van der Waals surface area contributed by atoms with Crippen molar-refractivity contribution in [2.24, 2.45) is 0 Å². The third kappa shape index (κ3) is 2.51. The third-order valence-corrected chi connectivity index (χ3v) is 3.28. The predicted octanol–water partition coefficient (Wildman–Crippen LogP) is 1.64. The Bertz CT molecular complexity index is 606. The van der Waals surface area contributed by atoms with Gasteiger partial charge in [0.1, 0.15) is 5.76 Å². The van der Waals surface area contributed by atoms with Crippen LogP contribution in [0.15, 0.2) is 34.9 Å². The number of rotatable bonds is 2. The van der Waals surface area contributed by atoms with E-state index in [1.807, 2.05) is 12.1 Å². The summed E-state index contributed by atoms with van der Waals surface area (Å²) in [4.78, 5) is 12.1. The molecule has 5 heteroatoms. The third-order valence-electron chi connectivity index (χ3n) is 3.28. The molecule has 2 N–H and O–H groups in total. The monoisotopic (exact) mass is 257 g/mol. The number of hydrogen-bond donors (Lipinski definition) is 2. The van der Waals surface area contributed by atoms with Crippen LogP contribution in [-0.2, 0) is 17.8 Å². The lowest BCUT2D eigenvalue weighted by Gasteiger charge is -2.24. The number of hydrogen-bond acceptors (Lipinski definition) is 4. The Morgan fingerprint density at radius 1 is 1.42 bits per heavy atom. The summed E-state index contributed by atoms with van der Waals surface area (Å²) in [5.74, 6) is 1.06. The molecule has 0 fully saturated rings. The number of anilines is 1. The van der Waals surface area contributed by atoms with Crippen molar-refractivity contribution in [1.82, 2.24) is 10.5 Å². The molecule has 1 atom stereocenters. The topological polar surface area (TPSA) is 67.2 Å². The standard InChI is InChI=1S/C14H15N3O2/c1-9-6-13(17-19-9)16-14(18)12-7-10-4-2-3-5-11(10)8-15-12/h2-6,12,15H,7-8H2,1H3,(H,16,17,18)/t12-/m0/s1. The van der Waals surface area contributed by atoms with E-state index in [0.29, 0.717) is 24.5 Å². The molecule has 19 heavy (non-hydrogen) atoms. The molecule has 0 saturated heterocycles. The molecule has 1 amide bonds. The van der Waals surface area contributed by atoms with Gasteiger partial charge in [-0.2, -0.15) is 0 Å². The highest BCUT2D eigenvalue weighted by atomic mass is 16.5. The number of carbonyl (C=O) groups excluding carboxylic acids is 1. The van der Waals surface area contributed by atoms with Crippen LogP contribution in [0.25, 0.3) is 0 Å². The molecular weight excluding hydrogens is 242 g/mol. The molecule has 98 valence electrons. The van der Waals surface area contributed by atoms with Gasteiger partial charge in [-0.3, -0.25) is 4.79 Å². The highest BCUT2D eigenvalue weighted by Crippen LogP contribution is 2.17. The van der Waals surface area contributed by atoms with Gasteiger partial charge in [0.2, 0.25) is 5.91 Å². The summed E-state index contributed by atoms with van der Waals surface area (Å²) in [5.41, 5.74) is 2.47. The summed E-state index contributed by atoms with van der Waals surface area (Å²) in [6, 6.07) is 9.63. The minimum atomic E-state index is -0.230. The zero-order valence-electron chi connectivity index (χ0n) is 10.6. The summed E-state index contributed by atoms with van der Waals surface area (Å²) in [6.45, 7) is 2.50. The van der Waals surface area contributed by atoms with Crippen molar-refractivity contribution in [3.8, 4) is 0 Å². The fraction of sp³-hybridized carbons (Fsp3) is 0.286. The van der Waals surface area contributed by atoms with Crippen molar-refractivity contribution < 1.29 is 9.32 Å². The molecule has 2 heterocycles. The van der Waals surface area contributed by atoms with Gasteiger partial charge in [-0.1, -0.05) is 29.4 Å².